The maximum absolute atomic E-state index is 8.92. The number of hydrogen-bond acceptors (Lipinski definition) is 4. The lowest BCUT2D eigenvalue weighted by molar-refractivity contribution is -0.168. The maximum atomic E-state index is 8.92. The molecule has 4 nitrogen and oxygen atoms in total. The molecule has 1 aromatic heterocycles. The van der Waals surface area contributed by atoms with Gasteiger partial charge in [-0.2, -0.15) is 0 Å². The Kier molecular flexibility index (Phi) is 2.50. The van der Waals surface area contributed by atoms with Crippen molar-refractivity contribution < 1.29 is 14.6 Å². The van der Waals surface area contributed by atoms with Crippen LogP contribution in [0.15, 0.2) is 24.4 Å². The van der Waals surface area contributed by atoms with Crippen LogP contribution in [0.25, 0.3) is 0 Å². The van der Waals surface area contributed by atoms with E-state index in [1.807, 2.05) is 25.1 Å². The van der Waals surface area contributed by atoms with Crippen LogP contribution < -0.4 is 0 Å². The summed E-state index contributed by atoms with van der Waals surface area (Å²) in [5, 5.41) is 8.92. The fourth-order valence-electron chi connectivity index (χ4n) is 1.49. The highest BCUT2D eigenvalue weighted by Crippen LogP contribution is 2.31. The first-order valence-corrected chi connectivity index (χ1v) is 4.59. The molecule has 0 aromatic carbocycles. The minimum Gasteiger partial charge on any atom is -0.394 e. The van der Waals surface area contributed by atoms with Crippen LogP contribution >= 0.6 is 0 Å². The van der Waals surface area contributed by atoms with Gasteiger partial charge in [-0.1, -0.05) is 6.07 Å². The molecule has 0 radical (unpaired) electrons. The second kappa shape index (κ2) is 3.65. The summed E-state index contributed by atoms with van der Waals surface area (Å²) in [5.41, 5.74) is 0.732. The fourth-order valence-corrected chi connectivity index (χ4v) is 1.49. The Labute approximate surface area is 82.5 Å². The van der Waals surface area contributed by atoms with Crippen LogP contribution in [0.3, 0.4) is 0 Å². The van der Waals surface area contributed by atoms with E-state index in [9.17, 15) is 0 Å². The Hall–Kier alpha value is -0.970. The van der Waals surface area contributed by atoms with E-state index in [1.165, 1.54) is 0 Å². The van der Waals surface area contributed by atoms with Crippen molar-refractivity contribution in [1.82, 2.24) is 4.98 Å². The number of aromatic nitrogens is 1. The molecule has 2 unspecified atom stereocenters. The van der Waals surface area contributed by atoms with Crippen LogP contribution in [0.2, 0.25) is 0 Å². The molecule has 1 aromatic rings. The third-order valence-electron chi connectivity index (χ3n) is 2.27. The minimum atomic E-state index is -0.811. The summed E-state index contributed by atoms with van der Waals surface area (Å²) in [6, 6.07) is 5.57. The number of ether oxygens (including phenoxy) is 2. The Bertz CT molecular complexity index is 303. The van der Waals surface area contributed by atoms with Gasteiger partial charge in [0.2, 0.25) is 5.79 Å². The second-order valence-corrected chi connectivity index (χ2v) is 3.39. The van der Waals surface area contributed by atoms with Gasteiger partial charge >= 0.3 is 0 Å². The summed E-state index contributed by atoms with van der Waals surface area (Å²) in [6.45, 7) is 2.19. The average molecular weight is 195 g/mol. The predicted molar refractivity (Wildman–Crippen MR) is 49.5 cm³/mol. The summed E-state index contributed by atoms with van der Waals surface area (Å²) in [4.78, 5) is 4.17. The number of aliphatic hydroxyl groups is 1. The van der Waals surface area contributed by atoms with E-state index in [0.29, 0.717) is 6.61 Å². The summed E-state index contributed by atoms with van der Waals surface area (Å²) >= 11 is 0. The molecule has 0 aliphatic carbocycles. The molecule has 0 saturated carbocycles. The summed E-state index contributed by atoms with van der Waals surface area (Å²) in [7, 11) is 0. The van der Waals surface area contributed by atoms with Gasteiger partial charge in [0.25, 0.3) is 0 Å². The molecular formula is C10H13NO3. The van der Waals surface area contributed by atoms with E-state index in [0.717, 1.165) is 5.69 Å². The van der Waals surface area contributed by atoms with E-state index in [4.69, 9.17) is 14.6 Å². The second-order valence-electron chi connectivity index (χ2n) is 3.39. The molecular weight excluding hydrogens is 182 g/mol. The predicted octanol–water partition coefficient (Wildman–Crippen LogP) is 0.662. The maximum Gasteiger partial charge on any atom is 0.209 e. The van der Waals surface area contributed by atoms with Gasteiger partial charge < -0.3 is 14.6 Å². The van der Waals surface area contributed by atoms with Gasteiger partial charge in [0.15, 0.2) is 0 Å². The first-order chi connectivity index (χ1) is 6.74. The van der Waals surface area contributed by atoms with Crippen molar-refractivity contribution in [2.24, 2.45) is 0 Å². The molecule has 0 bridgehead atoms. The van der Waals surface area contributed by atoms with Crippen molar-refractivity contribution in [3.8, 4) is 0 Å². The van der Waals surface area contributed by atoms with Gasteiger partial charge in [-0.3, -0.25) is 4.98 Å². The Morgan fingerprint density at radius 3 is 3.07 bits per heavy atom. The van der Waals surface area contributed by atoms with Gasteiger partial charge in [0, 0.05) is 6.20 Å². The molecule has 14 heavy (non-hydrogen) atoms. The molecule has 2 atom stereocenters. The van der Waals surface area contributed by atoms with Crippen LogP contribution in [0.4, 0.5) is 0 Å². The molecule has 4 heteroatoms. The first kappa shape index (κ1) is 9.58. The lowest BCUT2D eigenvalue weighted by Gasteiger charge is -2.21. The number of rotatable bonds is 2. The monoisotopic (exact) mass is 195 g/mol. The van der Waals surface area contributed by atoms with Crippen molar-refractivity contribution >= 4 is 0 Å². The van der Waals surface area contributed by atoms with Gasteiger partial charge in [-0.15, -0.1) is 0 Å². The zero-order valence-electron chi connectivity index (χ0n) is 8.01. The quantitative estimate of drug-likeness (QED) is 0.753. The number of pyridine rings is 1. The summed E-state index contributed by atoms with van der Waals surface area (Å²) < 4.78 is 11.0. The minimum absolute atomic E-state index is 0.0254. The van der Waals surface area contributed by atoms with Crippen LogP contribution in [0.5, 0.6) is 0 Å². The Morgan fingerprint density at radius 1 is 1.64 bits per heavy atom. The van der Waals surface area contributed by atoms with Crippen LogP contribution in [-0.4, -0.2) is 29.4 Å². The summed E-state index contributed by atoms with van der Waals surface area (Å²) in [6.07, 6.45) is 1.45. The molecule has 1 aliphatic heterocycles. The van der Waals surface area contributed by atoms with Gasteiger partial charge in [0.1, 0.15) is 6.10 Å². The molecule has 1 fully saturated rings. The topological polar surface area (TPSA) is 51.6 Å². The number of aliphatic hydroxyl groups excluding tert-OH is 1. The van der Waals surface area contributed by atoms with Crippen molar-refractivity contribution in [2.75, 3.05) is 13.2 Å². The van der Waals surface area contributed by atoms with E-state index < -0.39 is 5.79 Å². The first-order valence-electron chi connectivity index (χ1n) is 4.59. The van der Waals surface area contributed by atoms with Crippen molar-refractivity contribution in [3.05, 3.63) is 30.1 Å². The molecule has 2 heterocycles. The largest absolute Gasteiger partial charge is 0.394 e. The lowest BCUT2D eigenvalue weighted by Crippen LogP contribution is -2.26. The van der Waals surface area contributed by atoms with E-state index in [1.54, 1.807) is 6.20 Å². The highest BCUT2D eigenvalue weighted by atomic mass is 16.7. The van der Waals surface area contributed by atoms with Gasteiger partial charge in [-0.05, 0) is 19.1 Å². The number of nitrogens with zero attached hydrogens (tertiary/aromatic N) is 1. The Morgan fingerprint density at radius 2 is 2.50 bits per heavy atom. The molecule has 76 valence electrons. The average Bonchev–Trinajstić information content (AvgIpc) is 2.63. The van der Waals surface area contributed by atoms with Crippen molar-refractivity contribution in [3.63, 3.8) is 0 Å². The van der Waals surface area contributed by atoms with Crippen LogP contribution in [0.1, 0.15) is 12.6 Å². The van der Waals surface area contributed by atoms with E-state index in [-0.39, 0.29) is 12.7 Å². The molecule has 0 amide bonds. The highest BCUT2D eigenvalue weighted by molar-refractivity contribution is 5.10. The third kappa shape index (κ3) is 1.64. The zero-order valence-corrected chi connectivity index (χ0v) is 8.01. The molecule has 1 saturated heterocycles. The molecule has 1 aliphatic rings. The van der Waals surface area contributed by atoms with E-state index >= 15 is 0 Å². The van der Waals surface area contributed by atoms with Crippen molar-refractivity contribution in [2.45, 2.75) is 18.8 Å². The molecule has 2 rings (SSSR count). The molecule has 1 N–H and O–H groups in total. The Balaban J connectivity index is 2.19. The third-order valence-corrected chi connectivity index (χ3v) is 2.27. The number of hydrogen-bond donors (Lipinski definition) is 1. The van der Waals surface area contributed by atoms with Crippen LogP contribution in [-0.2, 0) is 15.3 Å². The smallest absolute Gasteiger partial charge is 0.209 e. The normalized spacial score (nSPS) is 32.0. The fraction of sp³-hybridized carbons (Fsp3) is 0.500. The zero-order chi connectivity index (χ0) is 10.0. The highest BCUT2D eigenvalue weighted by Gasteiger charge is 2.39. The summed E-state index contributed by atoms with van der Waals surface area (Å²) in [5.74, 6) is -0.811. The van der Waals surface area contributed by atoms with Gasteiger partial charge in [0.05, 0.1) is 18.9 Å². The SMILES string of the molecule is CC1(c2ccccn2)OCC(CO)O1. The van der Waals surface area contributed by atoms with Crippen LogP contribution in [0, 0.1) is 0 Å². The van der Waals surface area contributed by atoms with Crippen molar-refractivity contribution in [1.29, 1.82) is 0 Å². The molecule has 0 spiro atoms. The lowest BCUT2D eigenvalue weighted by atomic mass is 10.2. The van der Waals surface area contributed by atoms with Gasteiger partial charge in [-0.25, -0.2) is 0 Å². The van der Waals surface area contributed by atoms with E-state index in [2.05, 4.69) is 4.98 Å². The standard InChI is InChI=1S/C10H13NO3/c1-10(9-4-2-3-5-11-9)13-7-8(6-12)14-10/h2-5,8,12H,6-7H2,1H3.